The van der Waals surface area contributed by atoms with Gasteiger partial charge in [-0.1, -0.05) is 24.3 Å². The minimum Gasteiger partial charge on any atom is -0.452 e. The maximum Gasteiger partial charge on any atom is 0.338 e. The van der Waals surface area contributed by atoms with E-state index in [1.807, 2.05) is 18.2 Å². The lowest BCUT2D eigenvalue weighted by Crippen LogP contribution is -2.34. The molecule has 0 unspecified atom stereocenters. The normalized spacial score (nSPS) is 15.6. The van der Waals surface area contributed by atoms with Crippen LogP contribution in [0.25, 0.3) is 0 Å². The number of hydrogen-bond acceptors (Lipinski definition) is 5. The van der Waals surface area contributed by atoms with Crippen LogP contribution in [0.3, 0.4) is 0 Å². The first-order chi connectivity index (χ1) is 12.5. The van der Waals surface area contributed by atoms with E-state index >= 15 is 0 Å². The van der Waals surface area contributed by atoms with Crippen LogP contribution in [0.4, 0.5) is 5.69 Å². The van der Waals surface area contributed by atoms with Crippen LogP contribution in [-0.4, -0.2) is 23.4 Å². The third-order valence-electron chi connectivity index (χ3n) is 4.35. The summed E-state index contributed by atoms with van der Waals surface area (Å²) in [6.07, 6.45) is 2.83. The van der Waals surface area contributed by atoms with E-state index in [-0.39, 0.29) is 23.2 Å². The molecule has 0 radical (unpaired) electrons. The summed E-state index contributed by atoms with van der Waals surface area (Å²) in [6, 6.07) is 12.9. The summed E-state index contributed by atoms with van der Waals surface area (Å²) in [7, 11) is 0. The van der Waals surface area contributed by atoms with Crippen molar-refractivity contribution < 1.29 is 19.2 Å². The second-order valence-corrected chi connectivity index (χ2v) is 6.09. The van der Waals surface area contributed by atoms with Gasteiger partial charge in [-0.2, -0.15) is 0 Å². The first-order valence-corrected chi connectivity index (χ1v) is 8.33. The number of aryl methyl sites for hydroxylation is 1. The number of hydrogen-bond donors (Lipinski definition) is 1. The lowest BCUT2D eigenvalue weighted by atomic mass is 9.88. The average Bonchev–Trinajstić information content (AvgIpc) is 2.66. The second-order valence-electron chi connectivity index (χ2n) is 6.09. The maximum atomic E-state index is 12.1. The zero-order valence-corrected chi connectivity index (χ0v) is 14.0. The highest BCUT2D eigenvalue weighted by Crippen LogP contribution is 2.29. The van der Waals surface area contributed by atoms with Gasteiger partial charge in [-0.3, -0.25) is 14.9 Å². The molecule has 0 aliphatic heterocycles. The molecule has 0 aromatic heterocycles. The van der Waals surface area contributed by atoms with Crippen LogP contribution in [0.2, 0.25) is 0 Å². The van der Waals surface area contributed by atoms with Gasteiger partial charge in [-0.05, 0) is 42.5 Å². The first kappa shape index (κ1) is 17.6. The number of non-ortho nitro benzene ring substituents is 1. The Hall–Kier alpha value is -3.22. The molecule has 26 heavy (non-hydrogen) atoms. The third kappa shape index (κ3) is 4.05. The number of esters is 1. The van der Waals surface area contributed by atoms with E-state index in [1.54, 1.807) is 0 Å². The third-order valence-corrected chi connectivity index (χ3v) is 4.35. The number of nitrogens with one attached hydrogen (secondary N) is 1. The van der Waals surface area contributed by atoms with Crippen LogP contribution in [0, 0.1) is 10.1 Å². The molecule has 2 aromatic rings. The van der Waals surface area contributed by atoms with Crippen molar-refractivity contribution in [2.24, 2.45) is 0 Å². The predicted molar refractivity (Wildman–Crippen MR) is 93.6 cm³/mol. The first-order valence-electron chi connectivity index (χ1n) is 8.33. The highest BCUT2D eigenvalue weighted by molar-refractivity contribution is 5.91. The van der Waals surface area contributed by atoms with Crippen molar-refractivity contribution in [2.75, 3.05) is 6.61 Å². The number of carbonyl (C=O) groups excluding carboxylic acids is 2. The molecule has 0 saturated carbocycles. The van der Waals surface area contributed by atoms with Crippen molar-refractivity contribution in [3.63, 3.8) is 0 Å². The van der Waals surface area contributed by atoms with Crippen LogP contribution >= 0.6 is 0 Å². The Morgan fingerprint density at radius 3 is 2.62 bits per heavy atom. The highest BCUT2D eigenvalue weighted by atomic mass is 16.6. The van der Waals surface area contributed by atoms with Crippen LogP contribution in [0.5, 0.6) is 0 Å². The lowest BCUT2D eigenvalue weighted by molar-refractivity contribution is -0.384. The number of rotatable bonds is 5. The van der Waals surface area contributed by atoms with Gasteiger partial charge in [-0.15, -0.1) is 0 Å². The van der Waals surface area contributed by atoms with Gasteiger partial charge in [-0.25, -0.2) is 4.79 Å². The van der Waals surface area contributed by atoms with Crippen molar-refractivity contribution >= 4 is 17.6 Å². The Bertz CT molecular complexity index is 832. The number of ether oxygens (including phenoxy) is 1. The predicted octanol–water partition coefficient (Wildman–Crippen LogP) is 2.95. The van der Waals surface area contributed by atoms with Gasteiger partial charge in [0, 0.05) is 12.1 Å². The van der Waals surface area contributed by atoms with E-state index in [2.05, 4.69) is 11.4 Å². The second kappa shape index (κ2) is 7.77. The molecule has 1 atom stereocenters. The Morgan fingerprint density at radius 2 is 1.88 bits per heavy atom. The number of carbonyl (C=O) groups is 2. The minimum absolute atomic E-state index is 0.0782. The van der Waals surface area contributed by atoms with Gasteiger partial charge >= 0.3 is 5.97 Å². The summed E-state index contributed by atoms with van der Waals surface area (Å²) in [6.45, 7) is -0.394. The summed E-state index contributed by atoms with van der Waals surface area (Å²) < 4.78 is 5.00. The molecule has 7 heteroatoms. The molecule has 0 saturated heterocycles. The van der Waals surface area contributed by atoms with E-state index in [0.717, 1.165) is 24.8 Å². The van der Waals surface area contributed by atoms with Crippen LogP contribution in [-0.2, 0) is 16.0 Å². The zero-order valence-electron chi connectivity index (χ0n) is 14.0. The SMILES string of the molecule is O=C(COC(=O)c1ccc([N+](=O)[O-])cc1)N[C@H]1CCCc2ccccc21. The zero-order chi connectivity index (χ0) is 18.5. The van der Waals surface area contributed by atoms with Crippen molar-refractivity contribution in [1.82, 2.24) is 5.32 Å². The van der Waals surface area contributed by atoms with E-state index in [0.29, 0.717) is 0 Å². The van der Waals surface area contributed by atoms with Gasteiger partial charge in [0.25, 0.3) is 11.6 Å². The standard InChI is InChI=1S/C19H18N2O5/c22-18(20-17-7-3-5-13-4-1-2-6-16(13)17)12-26-19(23)14-8-10-15(11-9-14)21(24)25/h1-2,4,6,8-11,17H,3,5,7,12H2,(H,20,22)/t17-/m0/s1. The number of amides is 1. The van der Waals surface area contributed by atoms with Gasteiger partial charge in [0.05, 0.1) is 16.5 Å². The van der Waals surface area contributed by atoms with Crippen molar-refractivity contribution in [3.05, 3.63) is 75.3 Å². The van der Waals surface area contributed by atoms with Crippen molar-refractivity contribution in [1.29, 1.82) is 0 Å². The van der Waals surface area contributed by atoms with Crippen molar-refractivity contribution in [2.45, 2.75) is 25.3 Å². The Labute approximate surface area is 150 Å². The van der Waals surface area contributed by atoms with E-state index in [1.165, 1.54) is 29.8 Å². The number of nitrogens with zero attached hydrogens (tertiary/aromatic N) is 1. The molecule has 2 aromatic carbocycles. The van der Waals surface area contributed by atoms with E-state index in [4.69, 9.17) is 4.74 Å². The fourth-order valence-corrected chi connectivity index (χ4v) is 3.07. The molecule has 1 aliphatic rings. The quantitative estimate of drug-likeness (QED) is 0.506. The molecule has 1 N–H and O–H groups in total. The smallest absolute Gasteiger partial charge is 0.338 e. The van der Waals surface area contributed by atoms with E-state index < -0.39 is 17.5 Å². The molecule has 0 fully saturated rings. The molecule has 0 heterocycles. The molecule has 1 aliphatic carbocycles. The van der Waals surface area contributed by atoms with Gasteiger partial charge in [0.1, 0.15) is 0 Å². The summed E-state index contributed by atoms with van der Waals surface area (Å²) in [5, 5.41) is 13.5. The Morgan fingerprint density at radius 1 is 1.15 bits per heavy atom. The van der Waals surface area contributed by atoms with Crippen LogP contribution in [0.1, 0.15) is 40.4 Å². The fourth-order valence-electron chi connectivity index (χ4n) is 3.07. The lowest BCUT2D eigenvalue weighted by Gasteiger charge is -2.26. The van der Waals surface area contributed by atoms with Crippen LogP contribution < -0.4 is 5.32 Å². The molecular weight excluding hydrogens is 336 g/mol. The molecular formula is C19H18N2O5. The number of nitro groups is 1. The van der Waals surface area contributed by atoms with Gasteiger partial charge < -0.3 is 10.1 Å². The molecule has 0 bridgehead atoms. The minimum atomic E-state index is -0.695. The fraction of sp³-hybridized carbons (Fsp3) is 0.263. The molecule has 0 spiro atoms. The monoisotopic (exact) mass is 354 g/mol. The largest absolute Gasteiger partial charge is 0.452 e. The van der Waals surface area contributed by atoms with E-state index in [9.17, 15) is 19.7 Å². The highest BCUT2D eigenvalue weighted by Gasteiger charge is 2.22. The average molecular weight is 354 g/mol. The number of benzene rings is 2. The van der Waals surface area contributed by atoms with Crippen LogP contribution in [0.15, 0.2) is 48.5 Å². The van der Waals surface area contributed by atoms with Crippen molar-refractivity contribution in [3.8, 4) is 0 Å². The summed E-state index contributed by atoms with van der Waals surface area (Å²) >= 11 is 0. The topological polar surface area (TPSA) is 98.5 Å². The summed E-state index contributed by atoms with van der Waals surface area (Å²) in [5.74, 6) is -1.07. The number of fused-ring (bicyclic) bond motifs is 1. The Kier molecular flexibility index (Phi) is 5.26. The Balaban J connectivity index is 1.54. The maximum absolute atomic E-state index is 12.1. The molecule has 7 nitrogen and oxygen atoms in total. The molecule has 3 rings (SSSR count). The summed E-state index contributed by atoms with van der Waals surface area (Å²) in [5.41, 5.74) is 2.38. The van der Waals surface area contributed by atoms with Gasteiger partial charge in [0.15, 0.2) is 6.61 Å². The molecule has 1 amide bonds. The van der Waals surface area contributed by atoms with Gasteiger partial charge in [0.2, 0.25) is 0 Å². The number of nitro benzene ring substituents is 1. The summed E-state index contributed by atoms with van der Waals surface area (Å²) in [4.78, 5) is 34.1. The molecule has 134 valence electrons.